The molecule has 1 aliphatic heterocycles. The second kappa shape index (κ2) is 5.68. The average molecular weight is 390 g/mol. The van der Waals surface area contributed by atoms with Gasteiger partial charge in [-0.1, -0.05) is 24.3 Å². The minimum Gasteiger partial charge on any atom is -0.324 e. The highest BCUT2D eigenvalue weighted by Crippen LogP contribution is 2.65. The van der Waals surface area contributed by atoms with Crippen LogP contribution in [0.2, 0.25) is 0 Å². The number of nitrogens with zero attached hydrogens (tertiary/aromatic N) is 1. The van der Waals surface area contributed by atoms with Crippen molar-refractivity contribution in [2.45, 2.75) is 12.6 Å². The number of carbonyl (C=O) groups is 3. The van der Waals surface area contributed by atoms with Crippen molar-refractivity contribution in [2.24, 2.45) is 35.5 Å². The van der Waals surface area contributed by atoms with Crippen molar-refractivity contribution < 1.29 is 27.6 Å². The van der Waals surface area contributed by atoms with Crippen LogP contribution in [-0.2, 0) is 20.6 Å². The zero-order valence-corrected chi connectivity index (χ0v) is 14.6. The van der Waals surface area contributed by atoms with Gasteiger partial charge in [0.1, 0.15) is 6.54 Å². The average Bonchev–Trinajstić information content (AvgIpc) is 3.42. The van der Waals surface area contributed by atoms with Crippen LogP contribution in [0.3, 0.4) is 0 Å². The van der Waals surface area contributed by atoms with Gasteiger partial charge in [-0.2, -0.15) is 13.2 Å². The third kappa shape index (κ3) is 2.43. The summed E-state index contributed by atoms with van der Waals surface area (Å²) in [5, 5.41) is 2.20. The van der Waals surface area contributed by atoms with Gasteiger partial charge in [0, 0.05) is 0 Å². The number of imide groups is 1. The topological polar surface area (TPSA) is 66.5 Å². The van der Waals surface area contributed by atoms with E-state index in [4.69, 9.17) is 0 Å². The Morgan fingerprint density at radius 3 is 2.18 bits per heavy atom. The van der Waals surface area contributed by atoms with Gasteiger partial charge in [-0.15, -0.1) is 0 Å². The molecule has 3 fully saturated rings. The molecule has 1 saturated heterocycles. The fourth-order valence-electron chi connectivity index (χ4n) is 5.35. The molecule has 1 aromatic rings. The van der Waals surface area contributed by atoms with Gasteiger partial charge in [0.2, 0.25) is 17.7 Å². The molecule has 28 heavy (non-hydrogen) atoms. The van der Waals surface area contributed by atoms with Crippen molar-refractivity contribution in [2.75, 3.05) is 11.9 Å². The summed E-state index contributed by atoms with van der Waals surface area (Å²) in [4.78, 5) is 38.9. The van der Waals surface area contributed by atoms with E-state index in [1.54, 1.807) is 0 Å². The van der Waals surface area contributed by atoms with Gasteiger partial charge in [-0.3, -0.25) is 19.3 Å². The minimum atomic E-state index is -4.62. The van der Waals surface area contributed by atoms with Crippen molar-refractivity contribution in [3.8, 4) is 0 Å². The summed E-state index contributed by atoms with van der Waals surface area (Å²) in [6.45, 7) is -0.564. The predicted octanol–water partition coefficient (Wildman–Crippen LogP) is 2.70. The number of allylic oxidation sites excluding steroid dienone is 2. The number of nitrogens with one attached hydrogen (secondary N) is 1. The Morgan fingerprint density at radius 1 is 1.04 bits per heavy atom. The number of anilines is 1. The first-order valence-corrected chi connectivity index (χ1v) is 9.27. The van der Waals surface area contributed by atoms with E-state index >= 15 is 0 Å². The van der Waals surface area contributed by atoms with Crippen LogP contribution in [0.25, 0.3) is 0 Å². The predicted molar refractivity (Wildman–Crippen MR) is 91.5 cm³/mol. The number of hydrogen-bond donors (Lipinski definition) is 1. The van der Waals surface area contributed by atoms with E-state index in [-0.39, 0.29) is 29.3 Å². The van der Waals surface area contributed by atoms with Crippen molar-refractivity contribution >= 4 is 23.4 Å². The summed E-state index contributed by atoms with van der Waals surface area (Å²) in [7, 11) is 0. The molecule has 8 heteroatoms. The molecule has 1 aromatic carbocycles. The summed E-state index contributed by atoms with van der Waals surface area (Å²) in [5.74, 6) is -1.46. The zero-order chi connectivity index (χ0) is 19.8. The van der Waals surface area contributed by atoms with Crippen LogP contribution in [0, 0.1) is 35.5 Å². The number of hydrogen-bond acceptors (Lipinski definition) is 3. The third-order valence-electron chi connectivity index (χ3n) is 6.56. The monoisotopic (exact) mass is 390 g/mol. The van der Waals surface area contributed by atoms with E-state index in [0.717, 1.165) is 23.5 Å². The number of rotatable bonds is 3. The van der Waals surface area contributed by atoms with Crippen LogP contribution >= 0.6 is 0 Å². The molecule has 6 atom stereocenters. The van der Waals surface area contributed by atoms with Crippen LogP contribution in [0.1, 0.15) is 12.0 Å². The number of benzene rings is 1. The van der Waals surface area contributed by atoms with Gasteiger partial charge < -0.3 is 5.32 Å². The lowest BCUT2D eigenvalue weighted by Gasteiger charge is -2.37. The maximum atomic E-state index is 13.1. The first kappa shape index (κ1) is 17.5. The Hall–Kier alpha value is -2.64. The lowest BCUT2D eigenvalue weighted by Crippen LogP contribution is -2.40. The Balaban J connectivity index is 1.33. The third-order valence-corrected chi connectivity index (χ3v) is 6.56. The van der Waals surface area contributed by atoms with Gasteiger partial charge in [-0.05, 0) is 42.2 Å². The number of halogens is 3. The number of alkyl halides is 3. The molecule has 1 heterocycles. The Labute approximate surface area is 158 Å². The van der Waals surface area contributed by atoms with E-state index in [1.165, 1.54) is 12.1 Å². The summed E-state index contributed by atoms with van der Waals surface area (Å²) in [6, 6.07) is 4.61. The lowest BCUT2D eigenvalue weighted by molar-refractivity contribution is -0.143. The molecule has 1 N–H and O–H groups in total. The standard InChI is InChI=1S/C20H17F3N2O3/c21-20(22,23)13-3-1-2-4-14(13)24-15(26)8-25-18(27)16-9-5-6-10(12-7-11(9)12)17(16)19(25)28/h1-6,9-12,16-17H,7-8H2,(H,24,26)/t9-,10-,11-,12+,16+,17+/m0/s1. The van der Waals surface area contributed by atoms with E-state index < -0.39 is 36.0 Å². The number of para-hydroxylation sites is 1. The molecule has 0 aromatic heterocycles. The van der Waals surface area contributed by atoms with Crippen molar-refractivity contribution in [1.82, 2.24) is 4.90 Å². The van der Waals surface area contributed by atoms with E-state index in [1.807, 2.05) is 12.2 Å². The Kier molecular flexibility index (Phi) is 3.54. The lowest BCUT2D eigenvalue weighted by atomic mass is 9.63. The smallest absolute Gasteiger partial charge is 0.324 e. The fourth-order valence-corrected chi connectivity index (χ4v) is 5.35. The van der Waals surface area contributed by atoms with Gasteiger partial charge in [-0.25, -0.2) is 0 Å². The van der Waals surface area contributed by atoms with Crippen LogP contribution in [0.4, 0.5) is 18.9 Å². The second-order valence-corrected chi connectivity index (χ2v) is 8.01. The number of amides is 3. The van der Waals surface area contributed by atoms with Gasteiger partial charge in [0.05, 0.1) is 23.1 Å². The van der Waals surface area contributed by atoms with Crippen LogP contribution < -0.4 is 5.32 Å². The molecular weight excluding hydrogens is 373 g/mol. The van der Waals surface area contributed by atoms with E-state index in [9.17, 15) is 27.6 Å². The number of carbonyl (C=O) groups excluding carboxylic acids is 3. The molecule has 3 amide bonds. The molecule has 5 nitrogen and oxygen atoms in total. The molecule has 5 aliphatic rings. The molecule has 2 saturated carbocycles. The van der Waals surface area contributed by atoms with Crippen LogP contribution in [0.15, 0.2) is 36.4 Å². The van der Waals surface area contributed by atoms with Crippen molar-refractivity contribution in [3.05, 3.63) is 42.0 Å². The molecule has 6 rings (SSSR count). The number of likely N-dealkylation sites (tertiary alicyclic amines) is 1. The highest BCUT2D eigenvalue weighted by Gasteiger charge is 2.67. The summed E-state index contributed by atoms with van der Waals surface area (Å²) in [6.07, 6.45) is 0.456. The fraction of sp³-hybridized carbons (Fsp3) is 0.450. The van der Waals surface area contributed by atoms with Crippen LogP contribution in [-0.4, -0.2) is 29.2 Å². The maximum absolute atomic E-state index is 13.1. The van der Waals surface area contributed by atoms with Crippen molar-refractivity contribution in [3.63, 3.8) is 0 Å². The molecule has 0 radical (unpaired) electrons. The molecule has 2 bridgehead atoms. The first-order valence-electron chi connectivity index (χ1n) is 9.27. The Bertz CT molecular complexity index is 890. The van der Waals surface area contributed by atoms with Gasteiger partial charge in [0.15, 0.2) is 0 Å². The Morgan fingerprint density at radius 2 is 1.61 bits per heavy atom. The summed E-state index contributed by atoms with van der Waals surface area (Å²) < 4.78 is 39.3. The highest BCUT2D eigenvalue weighted by atomic mass is 19.4. The molecule has 0 unspecified atom stereocenters. The van der Waals surface area contributed by atoms with E-state index in [0.29, 0.717) is 11.8 Å². The van der Waals surface area contributed by atoms with Gasteiger partial charge >= 0.3 is 6.18 Å². The normalized spacial score (nSPS) is 35.0. The highest BCUT2D eigenvalue weighted by molar-refractivity contribution is 6.09. The quantitative estimate of drug-likeness (QED) is 0.638. The minimum absolute atomic E-state index is 0.0375. The molecule has 146 valence electrons. The maximum Gasteiger partial charge on any atom is 0.418 e. The largest absolute Gasteiger partial charge is 0.418 e. The van der Waals surface area contributed by atoms with Crippen LogP contribution in [0.5, 0.6) is 0 Å². The molecule has 0 spiro atoms. The SMILES string of the molecule is O=C(CN1C(=O)[C@@H]2[C@H]3C=C[C@@H]([C@@H]4C[C@H]34)[C@H]2C1=O)Nc1ccccc1C(F)(F)F. The molecular formula is C20H17F3N2O3. The van der Waals surface area contributed by atoms with E-state index in [2.05, 4.69) is 5.32 Å². The molecule has 4 aliphatic carbocycles. The summed E-state index contributed by atoms with van der Waals surface area (Å²) >= 11 is 0. The van der Waals surface area contributed by atoms with Crippen molar-refractivity contribution in [1.29, 1.82) is 0 Å². The second-order valence-electron chi connectivity index (χ2n) is 8.01. The summed E-state index contributed by atoms with van der Waals surface area (Å²) in [5.41, 5.74) is -1.36. The van der Waals surface area contributed by atoms with Gasteiger partial charge in [0.25, 0.3) is 0 Å². The first-order chi connectivity index (χ1) is 13.3. The zero-order valence-electron chi connectivity index (χ0n) is 14.6.